The number of hydrogen-bond acceptors (Lipinski definition) is 1. The molecule has 1 saturated carbocycles. The van der Waals surface area contributed by atoms with E-state index >= 15 is 0 Å². The summed E-state index contributed by atoms with van der Waals surface area (Å²) in [6.45, 7) is 19.4. The third kappa shape index (κ3) is 7.41. The molecule has 4 rings (SSSR count). The van der Waals surface area contributed by atoms with E-state index in [1.807, 2.05) is 0 Å². The summed E-state index contributed by atoms with van der Waals surface area (Å²) in [4.78, 5) is 0. The van der Waals surface area contributed by atoms with Crippen molar-refractivity contribution in [2.75, 3.05) is 6.61 Å². The van der Waals surface area contributed by atoms with E-state index in [1.54, 1.807) is 0 Å². The second-order valence-corrected chi connectivity index (χ2v) is 13.4. The molecule has 1 fully saturated rings. The molecule has 0 saturated heterocycles. The van der Waals surface area contributed by atoms with Crippen LogP contribution in [0.2, 0.25) is 0 Å². The number of ether oxygens (including phenoxy) is 1. The summed E-state index contributed by atoms with van der Waals surface area (Å²) in [6, 6.07) is 19.2. The van der Waals surface area contributed by atoms with Crippen LogP contribution in [0.15, 0.2) is 48.5 Å². The zero-order valence-electron chi connectivity index (χ0n) is 28.9. The highest BCUT2D eigenvalue weighted by Crippen LogP contribution is 2.41. The zero-order chi connectivity index (χ0) is 31.0. The van der Waals surface area contributed by atoms with Crippen LogP contribution in [0.1, 0.15) is 140 Å². The molecule has 1 heteroatoms. The number of hydrogen-bond donors (Lipinski definition) is 0. The second-order valence-electron chi connectivity index (χ2n) is 13.4. The van der Waals surface area contributed by atoms with Gasteiger partial charge in [-0.05, 0) is 118 Å². The minimum absolute atomic E-state index is 0.402. The maximum atomic E-state index is 6.72. The van der Waals surface area contributed by atoms with E-state index in [-0.39, 0.29) is 0 Å². The van der Waals surface area contributed by atoms with Gasteiger partial charge in [0, 0.05) is 0 Å². The van der Waals surface area contributed by atoms with E-state index < -0.39 is 0 Å². The van der Waals surface area contributed by atoms with Crippen LogP contribution in [0.4, 0.5) is 0 Å². The van der Waals surface area contributed by atoms with Crippen molar-refractivity contribution in [1.29, 1.82) is 0 Å². The number of benzene rings is 3. The fourth-order valence-electron chi connectivity index (χ4n) is 7.81. The molecular weight excluding hydrogens is 520 g/mol. The van der Waals surface area contributed by atoms with Gasteiger partial charge in [0.15, 0.2) is 0 Å². The normalized spacial score (nSPS) is 17.3. The Hall–Kier alpha value is -2.54. The van der Waals surface area contributed by atoms with Gasteiger partial charge in [0.25, 0.3) is 0 Å². The average molecular weight is 581 g/mol. The van der Waals surface area contributed by atoms with Crippen LogP contribution in [0, 0.1) is 11.3 Å². The van der Waals surface area contributed by atoms with Crippen LogP contribution >= 0.6 is 0 Å². The zero-order valence-corrected chi connectivity index (χ0v) is 28.9. The molecule has 0 N–H and O–H groups in total. The lowest BCUT2D eigenvalue weighted by Gasteiger charge is -2.31. The van der Waals surface area contributed by atoms with E-state index in [9.17, 15) is 0 Å². The van der Waals surface area contributed by atoms with Crippen LogP contribution < -0.4 is 4.74 Å². The van der Waals surface area contributed by atoms with Gasteiger partial charge in [-0.3, -0.25) is 0 Å². The molecular formula is C42H60O. The van der Waals surface area contributed by atoms with Crippen molar-refractivity contribution in [3.05, 3.63) is 76.3 Å². The van der Waals surface area contributed by atoms with Crippen molar-refractivity contribution in [1.82, 2.24) is 0 Å². The molecule has 0 spiro atoms. The smallest absolute Gasteiger partial charge is 0.125 e. The topological polar surface area (TPSA) is 9.23 Å². The lowest BCUT2D eigenvalue weighted by molar-refractivity contribution is 0.172. The highest BCUT2D eigenvalue weighted by molar-refractivity contribution is 5.77. The standard InChI is InChI=1S/C42H60O/c1-9-31-28-36(24-25-39(31)35-22-20-34(21-23-35)33-18-16-30(8)17-19-33)40-29-32(10-2)41(38(12-4)37(40)11-3)43-27-26-42(13-5,14-6)15-7/h20-25,28-30,33H,9-19,26-27H2,1-8H3. The molecule has 0 aromatic heterocycles. The van der Waals surface area contributed by atoms with Gasteiger partial charge in [-0.25, -0.2) is 0 Å². The molecule has 1 nitrogen and oxygen atoms in total. The molecule has 0 amide bonds. The van der Waals surface area contributed by atoms with Crippen molar-refractivity contribution in [3.63, 3.8) is 0 Å². The fourth-order valence-corrected chi connectivity index (χ4v) is 7.81. The van der Waals surface area contributed by atoms with Gasteiger partial charge in [0.1, 0.15) is 5.75 Å². The van der Waals surface area contributed by atoms with Crippen molar-refractivity contribution >= 4 is 0 Å². The molecule has 0 unspecified atom stereocenters. The Morgan fingerprint density at radius 3 is 1.79 bits per heavy atom. The fraction of sp³-hybridized carbons (Fsp3) is 0.571. The first-order valence-electron chi connectivity index (χ1n) is 17.9. The predicted octanol–water partition coefficient (Wildman–Crippen LogP) is 12.5. The second kappa shape index (κ2) is 15.5. The molecule has 1 aliphatic rings. The van der Waals surface area contributed by atoms with E-state index in [4.69, 9.17) is 4.74 Å². The van der Waals surface area contributed by atoms with E-state index in [2.05, 4.69) is 104 Å². The molecule has 0 radical (unpaired) electrons. The van der Waals surface area contributed by atoms with Crippen LogP contribution in [-0.2, 0) is 25.7 Å². The van der Waals surface area contributed by atoms with Crippen LogP contribution in [-0.4, -0.2) is 6.61 Å². The van der Waals surface area contributed by atoms with Crippen molar-refractivity contribution in [3.8, 4) is 28.0 Å². The third-order valence-electron chi connectivity index (χ3n) is 11.3. The molecule has 43 heavy (non-hydrogen) atoms. The third-order valence-corrected chi connectivity index (χ3v) is 11.3. The van der Waals surface area contributed by atoms with Crippen LogP contribution in [0.3, 0.4) is 0 Å². The maximum absolute atomic E-state index is 6.72. The van der Waals surface area contributed by atoms with E-state index in [0.29, 0.717) is 5.41 Å². The minimum atomic E-state index is 0.402. The molecule has 1 aliphatic carbocycles. The van der Waals surface area contributed by atoms with Gasteiger partial charge in [0.2, 0.25) is 0 Å². The summed E-state index contributed by atoms with van der Waals surface area (Å²) in [6.07, 6.45) is 14.3. The summed E-state index contributed by atoms with van der Waals surface area (Å²) < 4.78 is 6.72. The average Bonchev–Trinajstić information content (AvgIpc) is 3.06. The van der Waals surface area contributed by atoms with Crippen molar-refractivity contribution in [2.24, 2.45) is 11.3 Å². The predicted molar refractivity (Wildman–Crippen MR) is 189 cm³/mol. The first-order chi connectivity index (χ1) is 20.9. The van der Waals surface area contributed by atoms with Crippen LogP contribution in [0.5, 0.6) is 5.75 Å². The number of aryl methyl sites for hydroxylation is 2. The Morgan fingerprint density at radius 2 is 1.23 bits per heavy atom. The summed E-state index contributed by atoms with van der Waals surface area (Å²) in [5.74, 6) is 2.81. The van der Waals surface area contributed by atoms with E-state index in [1.165, 1.54) is 101 Å². The Kier molecular flexibility index (Phi) is 12.0. The summed E-state index contributed by atoms with van der Waals surface area (Å²) >= 11 is 0. The minimum Gasteiger partial charge on any atom is -0.493 e. The molecule has 0 aliphatic heterocycles. The quantitative estimate of drug-likeness (QED) is 0.184. The summed E-state index contributed by atoms with van der Waals surface area (Å²) in [5, 5.41) is 0. The lowest BCUT2D eigenvalue weighted by Crippen LogP contribution is -2.21. The molecule has 0 atom stereocenters. The first-order valence-corrected chi connectivity index (χ1v) is 17.9. The molecule has 0 bridgehead atoms. The Bertz CT molecular complexity index is 1290. The van der Waals surface area contributed by atoms with Crippen molar-refractivity contribution in [2.45, 2.75) is 138 Å². The lowest BCUT2D eigenvalue weighted by atomic mass is 9.77. The highest BCUT2D eigenvalue weighted by atomic mass is 16.5. The highest BCUT2D eigenvalue weighted by Gasteiger charge is 2.25. The van der Waals surface area contributed by atoms with Gasteiger partial charge in [-0.1, -0.05) is 130 Å². The van der Waals surface area contributed by atoms with Crippen molar-refractivity contribution < 1.29 is 4.74 Å². The Labute approximate surface area is 264 Å². The SMILES string of the molecule is CCc1cc(-c2cc(CC)c(OCCC(CC)(CC)CC)c(CC)c2CC)ccc1-c1ccc(C2CCC(C)CC2)cc1. The van der Waals surface area contributed by atoms with E-state index in [0.717, 1.165) is 50.5 Å². The first kappa shape index (κ1) is 33.4. The van der Waals surface area contributed by atoms with Gasteiger partial charge in [-0.15, -0.1) is 0 Å². The van der Waals surface area contributed by atoms with Gasteiger partial charge in [-0.2, -0.15) is 0 Å². The van der Waals surface area contributed by atoms with Gasteiger partial charge in [0.05, 0.1) is 6.61 Å². The monoisotopic (exact) mass is 580 g/mol. The summed E-state index contributed by atoms with van der Waals surface area (Å²) in [5.41, 5.74) is 13.1. The maximum Gasteiger partial charge on any atom is 0.125 e. The molecule has 3 aromatic carbocycles. The molecule has 3 aromatic rings. The van der Waals surface area contributed by atoms with Gasteiger partial charge < -0.3 is 4.74 Å². The molecule has 234 valence electrons. The number of rotatable bonds is 14. The van der Waals surface area contributed by atoms with Crippen LogP contribution in [0.25, 0.3) is 22.3 Å². The Morgan fingerprint density at radius 1 is 0.628 bits per heavy atom. The largest absolute Gasteiger partial charge is 0.493 e. The summed E-state index contributed by atoms with van der Waals surface area (Å²) in [7, 11) is 0. The molecule has 0 heterocycles. The van der Waals surface area contributed by atoms with Gasteiger partial charge >= 0.3 is 0 Å². The Balaban J connectivity index is 1.65.